The average Bonchev–Trinajstić information content (AvgIpc) is 2.53. The van der Waals surface area contributed by atoms with Gasteiger partial charge in [-0.15, -0.1) is 0 Å². The van der Waals surface area contributed by atoms with Gasteiger partial charge in [-0.3, -0.25) is 9.59 Å². The van der Waals surface area contributed by atoms with Crippen molar-refractivity contribution in [2.24, 2.45) is 0 Å². The molecule has 0 radical (unpaired) electrons. The fourth-order valence-electron chi connectivity index (χ4n) is 2.43. The van der Waals surface area contributed by atoms with Crippen molar-refractivity contribution >= 4 is 22.6 Å². The minimum atomic E-state index is -0.699. The first kappa shape index (κ1) is 17.0. The summed E-state index contributed by atoms with van der Waals surface area (Å²) < 4.78 is 0. The Kier molecular flexibility index (Phi) is 5.71. The molecular formula is C18H22N2O3. The van der Waals surface area contributed by atoms with Crippen molar-refractivity contribution in [3.63, 3.8) is 0 Å². The molecule has 0 aliphatic carbocycles. The topological polar surface area (TPSA) is 78.4 Å². The Hall–Kier alpha value is -2.40. The van der Waals surface area contributed by atoms with Gasteiger partial charge in [-0.1, -0.05) is 42.5 Å². The van der Waals surface area contributed by atoms with E-state index in [1.165, 1.54) is 0 Å². The summed E-state index contributed by atoms with van der Waals surface area (Å²) in [4.78, 5) is 23.1. The standard InChI is InChI=1S/C18H22N2O3/c1-12(2)20-18(23)17(22)19-11-10-16(21)15-9-5-7-13-6-3-4-8-14(13)15/h3-9,12,16,21H,10-11H2,1-2H3,(H,19,22)(H,20,23). The molecule has 0 heterocycles. The van der Waals surface area contributed by atoms with E-state index >= 15 is 0 Å². The van der Waals surface area contributed by atoms with Gasteiger partial charge in [-0.05, 0) is 36.6 Å². The predicted octanol–water partition coefficient (Wildman–Crippen LogP) is 1.90. The van der Waals surface area contributed by atoms with Crippen molar-refractivity contribution in [3.05, 3.63) is 48.0 Å². The highest BCUT2D eigenvalue weighted by Crippen LogP contribution is 2.25. The van der Waals surface area contributed by atoms with Crippen molar-refractivity contribution in [3.8, 4) is 0 Å². The number of carbonyl (C=O) groups is 2. The molecule has 1 unspecified atom stereocenters. The van der Waals surface area contributed by atoms with Crippen molar-refractivity contribution in [2.75, 3.05) is 6.54 Å². The fourth-order valence-corrected chi connectivity index (χ4v) is 2.43. The third-order valence-electron chi connectivity index (χ3n) is 3.51. The number of aliphatic hydroxyl groups is 1. The third-order valence-corrected chi connectivity index (χ3v) is 3.51. The molecule has 0 saturated heterocycles. The molecule has 0 fully saturated rings. The Morgan fingerprint density at radius 2 is 1.74 bits per heavy atom. The summed E-state index contributed by atoms with van der Waals surface area (Å²) in [6.07, 6.45) is -0.358. The van der Waals surface area contributed by atoms with Gasteiger partial charge in [0.15, 0.2) is 0 Å². The first-order valence-corrected chi connectivity index (χ1v) is 7.73. The van der Waals surface area contributed by atoms with Crippen LogP contribution in [0, 0.1) is 0 Å². The molecule has 0 saturated carbocycles. The minimum Gasteiger partial charge on any atom is -0.388 e. The number of hydrogen-bond donors (Lipinski definition) is 3. The summed E-state index contributed by atoms with van der Waals surface area (Å²) in [6, 6.07) is 13.5. The molecule has 0 spiro atoms. The lowest BCUT2D eigenvalue weighted by atomic mass is 9.99. The van der Waals surface area contributed by atoms with E-state index in [-0.39, 0.29) is 12.6 Å². The van der Waals surface area contributed by atoms with Crippen LogP contribution >= 0.6 is 0 Å². The maximum atomic E-state index is 11.6. The van der Waals surface area contributed by atoms with Gasteiger partial charge in [-0.2, -0.15) is 0 Å². The van der Waals surface area contributed by atoms with Gasteiger partial charge < -0.3 is 15.7 Å². The van der Waals surface area contributed by atoms with Crippen molar-refractivity contribution in [1.29, 1.82) is 0 Å². The molecule has 23 heavy (non-hydrogen) atoms. The third kappa shape index (κ3) is 4.53. The van der Waals surface area contributed by atoms with Gasteiger partial charge >= 0.3 is 11.8 Å². The number of benzene rings is 2. The van der Waals surface area contributed by atoms with Crippen molar-refractivity contribution in [2.45, 2.75) is 32.4 Å². The quantitative estimate of drug-likeness (QED) is 0.738. The van der Waals surface area contributed by atoms with Gasteiger partial charge in [0.2, 0.25) is 0 Å². The molecule has 0 aliphatic rings. The lowest BCUT2D eigenvalue weighted by molar-refractivity contribution is -0.139. The Morgan fingerprint density at radius 1 is 1.04 bits per heavy atom. The number of hydrogen-bond acceptors (Lipinski definition) is 3. The van der Waals surface area contributed by atoms with Crippen LogP contribution in [0.1, 0.15) is 31.9 Å². The predicted molar refractivity (Wildman–Crippen MR) is 89.8 cm³/mol. The Morgan fingerprint density at radius 3 is 2.48 bits per heavy atom. The zero-order valence-electron chi connectivity index (χ0n) is 13.4. The highest BCUT2D eigenvalue weighted by atomic mass is 16.3. The van der Waals surface area contributed by atoms with E-state index in [1.54, 1.807) is 13.8 Å². The molecule has 2 aromatic carbocycles. The van der Waals surface area contributed by atoms with E-state index in [1.807, 2.05) is 42.5 Å². The van der Waals surface area contributed by atoms with E-state index in [2.05, 4.69) is 10.6 Å². The SMILES string of the molecule is CC(C)NC(=O)C(=O)NCCC(O)c1cccc2ccccc12. The Labute approximate surface area is 135 Å². The maximum absolute atomic E-state index is 11.6. The molecule has 5 heteroatoms. The van der Waals surface area contributed by atoms with Gasteiger partial charge in [0.1, 0.15) is 0 Å². The molecule has 3 N–H and O–H groups in total. The molecular weight excluding hydrogens is 292 g/mol. The van der Waals surface area contributed by atoms with Gasteiger partial charge in [0.25, 0.3) is 0 Å². The lowest BCUT2D eigenvalue weighted by Crippen LogP contribution is -2.43. The molecule has 0 bridgehead atoms. The minimum absolute atomic E-state index is 0.0884. The number of aliphatic hydroxyl groups excluding tert-OH is 1. The highest BCUT2D eigenvalue weighted by molar-refractivity contribution is 6.35. The van der Waals surface area contributed by atoms with Crippen LogP contribution in [0.15, 0.2) is 42.5 Å². The van der Waals surface area contributed by atoms with Crippen molar-refractivity contribution in [1.82, 2.24) is 10.6 Å². The summed E-state index contributed by atoms with van der Waals surface area (Å²) in [7, 11) is 0. The summed E-state index contributed by atoms with van der Waals surface area (Å²) in [6.45, 7) is 3.81. The molecule has 2 amide bonds. The van der Waals surface area contributed by atoms with Gasteiger partial charge in [-0.25, -0.2) is 0 Å². The lowest BCUT2D eigenvalue weighted by Gasteiger charge is -2.14. The largest absolute Gasteiger partial charge is 0.388 e. The Balaban J connectivity index is 1.93. The first-order chi connectivity index (χ1) is 11.0. The van der Waals surface area contributed by atoms with Crippen LogP contribution in [0.25, 0.3) is 10.8 Å². The van der Waals surface area contributed by atoms with Crippen LogP contribution < -0.4 is 10.6 Å². The van der Waals surface area contributed by atoms with Crippen LogP contribution in [0.3, 0.4) is 0 Å². The van der Waals surface area contributed by atoms with Crippen LogP contribution in [0.5, 0.6) is 0 Å². The number of amides is 2. The molecule has 5 nitrogen and oxygen atoms in total. The molecule has 1 atom stereocenters. The summed E-state index contributed by atoms with van der Waals surface area (Å²) in [5.41, 5.74) is 0.823. The van der Waals surface area contributed by atoms with E-state index in [9.17, 15) is 14.7 Å². The zero-order valence-corrected chi connectivity index (χ0v) is 13.4. The number of carbonyl (C=O) groups excluding carboxylic acids is 2. The van der Waals surface area contributed by atoms with Gasteiger partial charge in [0, 0.05) is 12.6 Å². The number of fused-ring (bicyclic) bond motifs is 1. The summed E-state index contributed by atoms with van der Waals surface area (Å²) in [5.74, 6) is -1.33. The second-order valence-electron chi connectivity index (χ2n) is 5.76. The average molecular weight is 314 g/mol. The molecule has 0 aromatic heterocycles. The highest BCUT2D eigenvalue weighted by Gasteiger charge is 2.15. The smallest absolute Gasteiger partial charge is 0.309 e. The monoisotopic (exact) mass is 314 g/mol. The van der Waals surface area contributed by atoms with Crippen molar-refractivity contribution < 1.29 is 14.7 Å². The van der Waals surface area contributed by atoms with Crippen LogP contribution in [-0.2, 0) is 9.59 Å². The van der Waals surface area contributed by atoms with E-state index in [0.717, 1.165) is 16.3 Å². The zero-order chi connectivity index (χ0) is 16.8. The molecule has 2 aromatic rings. The second-order valence-corrected chi connectivity index (χ2v) is 5.76. The van der Waals surface area contributed by atoms with E-state index in [0.29, 0.717) is 6.42 Å². The Bertz CT molecular complexity index is 692. The second kappa shape index (κ2) is 7.74. The van der Waals surface area contributed by atoms with Gasteiger partial charge in [0.05, 0.1) is 6.10 Å². The summed E-state index contributed by atoms with van der Waals surface area (Å²) in [5, 5.41) is 17.5. The van der Waals surface area contributed by atoms with E-state index in [4.69, 9.17) is 0 Å². The molecule has 122 valence electrons. The van der Waals surface area contributed by atoms with Crippen LogP contribution in [0.4, 0.5) is 0 Å². The maximum Gasteiger partial charge on any atom is 0.309 e. The van der Waals surface area contributed by atoms with Crippen LogP contribution in [0.2, 0.25) is 0 Å². The van der Waals surface area contributed by atoms with Crippen LogP contribution in [-0.4, -0.2) is 29.5 Å². The normalized spacial score (nSPS) is 12.2. The molecule has 2 rings (SSSR count). The number of rotatable bonds is 5. The van der Waals surface area contributed by atoms with E-state index < -0.39 is 17.9 Å². The summed E-state index contributed by atoms with van der Waals surface area (Å²) >= 11 is 0. The first-order valence-electron chi connectivity index (χ1n) is 7.73. The number of nitrogens with one attached hydrogen (secondary N) is 2. The fraction of sp³-hybridized carbons (Fsp3) is 0.333. The molecule has 0 aliphatic heterocycles.